The Balaban J connectivity index is 1.89. The highest BCUT2D eigenvalue weighted by atomic mass is 32.1. The molecule has 4 nitrogen and oxygen atoms in total. The first-order valence-corrected chi connectivity index (χ1v) is 8.30. The molecule has 0 aliphatic heterocycles. The van der Waals surface area contributed by atoms with Crippen molar-refractivity contribution in [3.63, 3.8) is 0 Å². The zero-order valence-electron chi connectivity index (χ0n) is 13.3. The lowest BCUT2D eigenvalue weighted by molar-refractivity contribution is 0.0371. The number of nitrogens with zero attached hydrogens (tertiary/aromatic N) is 1. The minimum Gasteiger partial charge on any atom is -0.458 e. The molecule has 1 aromatic carbocycles. The van der Waals surface area contributed by atoms with Crippen molar-refractivity contribution >= 4 is 28.7 Å². The van der Waals surface area contributed by atoms with E-state index in [1.165, 1.54) is 11.3 Å². The highest BCUT2D eigenvalue weighted by Crippen LogP contribution is 2.31. The number of Topliss-reactive ketones (excluding diaryl/α,β-unsaturated/α-hetero) is 1. The van der Waals surface area contributed by atoms with Crippen molar-refractivity contribution in [1.82, 2.24) is 4.98 Å². The van der Waals surface area contributed by atoms with Crippen molar-refractivity contribution in [3.8, 4) is 0 Å². The van der Waals surface area contributed by atoms with Gasteiger partial charge in [-0.05, 0) is 38.3 Å². The number of esters is 1. The summed E-state index contributed by atoms with van der Waals surface area (Å²) in [7, 11) is 0. The lowest BCUT2D eigenvalue weighted by Gasteiger charge is -2.05. The lowest BCUT2D eigenvalue weighted by atomic mass is 10.0. The van der Waals surface area contributed by atoms with Gasteiger partial charge in [0.25, 0.3) is 0 Å². The minimum atomic E-state index is -0.478. The van der Waals surface area contributed by atoms with Crippen molar-refractivity contribution in [2.24, 2.45) is 0 Å². The van der Waals surface area contributed by atoms with Gasteiger partial charge in [0.05, 0.1) is 6.10 Å². The smallest absolute Gasteiger partial charge is 0.358 e. The fraction of sp³-hybridized carbons (Fsp3) is 0.278. The number of ether oxygens (including phenoxy) is 1. The molecule has 0 amide bonds. The van der Waals surface area contributed by atoms with E-state index in [-0.39, 0.29) is 17.6 Å². The third-order valence-corrected chi connectivity index (χ3v) is 4.57. The highest BCUT2D eigenvalue weighted by Gasteiger charge is 2.26. The summed E-state index contributed by atoms with van der Waals surface area (Å²) in [5.41, 5.74) is 3.00. The third kappa shape index (κ3) is 2.97. The Morgan fingerprint density at radius 2 is 2.00 bits per heavy atom. The number of carbonyl (C=O) groups excluding carboxylic acids is 2. The van der Waals surface area contributed by atoms with E-state index in [9.17, 15) is 9.59 Å². The molecule has 0 bridgehead atoms. The van der Waals surface area contributed by atoms with Gasteiger partial charge in [-0.1, -0.05) is 30.3 Å². The molecule has 0 saturated carbocycles. The number of ketones is 1. The number of aryl methyl sites for hydroxylation is 1. The number of aromatic nitrogens is 1. The van der Waals surface area contributed by atoms with Crippen LogP contribution in [0.1, 0.15) is 50.1 Å². The van der Waals surface area contributed by atoms with Gasteiger partial charge in [0.15, 0.2) is 10.7 Å². The first kappa shape index (κ1) is 15.6. The first-order chi connectivity index (χ1) is 11.0. The number of carbonyl (C=O) groups is 2. The van der Waals surface area contributed by atoms with Gasteiger partial charge < -0.3 is 4.74 Å². The molecule has 0 radical (unpaired) electrons. The third-order valence-electron chi connectivity index (χ3n) is 3.61. The fourth-order valence-corrected chi connectivity index (χ4v) is 3.42. The topological polar surface area (TPSA) is 56.3 Å². The van der Waals surface area contributed by atoms with Gasteiger partial charge in [-0.2, -0.15) is 0 Å². The number of fused-ring (bicyclic) bond motifs is 1. The minimum absolute atomic E-state index is 0.133. The summed E-state index contributed by atoms with van der Waals surface area (Å²) in [5.74, 6) is -0.611. The van der Waals surface area contributed by atoms with E-state index >= 15 is 0 Å². The maximum Gasteiger partial charge on any atom is 0.358 e. The first-order valence-electron chi connectivity index (χ1n) is 7.49. The van der Waals surface area contributed by atoms with E-state index in [0.717, 1.165) is 17.5 Å². The Morgan fingerprint density at radius 3 is 2.74 bits per heavy atom. The van der Waals surface area contributed by atoms with Gasteiger partial charge in [0, 0.05) is 10.5 Å². The second-order valence-electron chi connectivity index (χ2n) is 5.69. The van der Waals surface area contributed by atoms with Gasteiger partial charge in [-0.15, -0.1) is 11.3 Å². The van der Waals surface area contributed by atoms with Crippen molar-refractivity contribution in [3.05, 3.63) is 57.0 Å². The number of rotatable bonds is 4. The molecular formula is C18H17NO3S. The normalized spacial score (nSPS) is 13.0. The van der Waals surface area contributed by atoms with Gasteiger partial charge in [-0.3, -0.25) is 4.79 Å². The van der Waals surface area contributed by atoms with Crippen molar-refractivity contribution in [2.75, 3.05) is 0 Å². The summed E-state index contributed by atoms with van der Waals surface area (Å²) < 4.78 is 5.17. The van der Waals surface area contributed by atoms with E-state index in [1.54, 1.807) is 20.8 Å². The van der Waals surface area contributed by atoms with E-state index in [1.807, 2.05) is 30.3 Å². The van der Waals surface area contributed by atoms with Crippen LogP contribution in [0.3, 0.4) is 0 Å². The molecule has 0 saturated heterocycles. The summed E-state index contributed by atoms with van der Waals surface area (Å²) in [4.78, 5) is 29.7. The van der Waals surface area contributed by atoms with Crippen molar-refractivity contribution in [2.45, 2.75) is 33.3 Å². The Morgan fingerprint density at radius 1 is 1.26 bits per heavy atom. The molecule has 0 fully saturated rings. The quantitative estimate of drug-likeness (QED) is 0.632. The predicted molar refractivity (Wildman–Crippen MR) is 89.9 cm³/mol. The molecule has 3 rings (SSSR count). The van der Waals surface area contributed by atoms with E-state index in [4.69, 9.17) is 4.74 Å². The molecule has 1 aliphatic rings. The van der Waals surface area contributed by atoms with Crippen LogP contribution in [0, 0.1) is 6.92 Å². The van der Waals surface area contributed by atoms with Crippen LogP contribution >= 0.6 is 11.3 Å². The second-order valence-corrected chi connectivity index (χ2v) is 6.89. The monoisotopic (exact) mass is 327 g/mol. The van der Waals surface area contributed by atoms with E-state index < -0.39 is 5.97 Å². The maximum absolute atomic E-state index is 12.7. The molecule has 1 aliphatic carbocycles. The SMILES string of the molecule is Cc1sc(C(=O)C2=CCc3ccccc32)nc1C(=O)OC(C)C. The molecule has 0 unspecified atom stereocenters. The van der Waals surface area contributed by atoms with E-state index in [0.29, 0.717) is 15.5 Å². The number of thiazole rings is 1. The van der Waals surface area contributed by atoms with Crippen LogP contribution < -0.4 is 0 Å². The summed E-state index contributed by atoms with van der Waals surface area (Å²) >= 11 is 1.24. The average molecular weight is 327 g/mol. The molecule has 0 atom stereocenters. The zero-order chi connectivity index (χ0) is 16.6. The molecular weight excluding hydrogens is 310 g/mol. The van der Waals surface area contributed by atoms with Crippen molar-refractivity contribution in [1.29, 1.82) is 0 Å². The Hall–Kier alpha value is -2.27. The standard InChI is InChI=1S/C18H17NO3S/c1-10(2)22-18(21)15-11(3)23-17(19-15)16(20)14-9-8-12-6-4-5-7-13(12)14/h4-7,9-10H,8H2,1-3H3. The van der Waals surface area contributed by atoms with Crippen LogP contribution in [0.5, 0.6) is 0 Å². The van der Waals surface area contributed by atoms with Gasteiger partial charge in [0.2, 0.25) is 5.78 Å². The molecule has 23 heavy (non-hydrogen) atoms. The van der Waals surface area contributed by atoms with Crippen LogP contribution in [0.15, 0.2) is 30.3 Å². The van der Waals surface area contributed by atoms with Gasteiger partial charge in [0.1, 0.15) is 0 Å². The van der Waals surface area contributed by atoms with Crippen LogP contribution in [0.4, 0.5) is 0 Å². The summed E-state index contributed by atoms with van der Waals surface area (Å²) in [5, 5.41) is 0.334. The van der Waals surface area contributed by atoms with Crippen LogP contribution in [0.2, 0.25) is 0 Å². The number of hydrogen-bond acceptors (Lipinski definition) is 5. The highest BCUT2D eigenvalue weighted by molar-refractivity contribution is 7.14. The Bertz CT molecular complexity index is 817. The molecule has 5 heteroatoms. The lowest BCUT2D eigenvalue weighted by Crippen LogP contribution is -2.13. The number of allylic oxidation sites excluding steroid dienone is 2. The Labute approximate surface area is 138 Å². The van der Waals surface area contributed by atoms with Crippen LogP contribution in [-0.4, -0.2) is 22.8 Å². The number of benzene rings is 1. The fourth-order valence-electron chi connectivity index (χ4n) is 2.57. The Kier molecular flexibility index (Phi) is 4.13. The predicted octanol–water partition coefficient (Wildman–Crippen LogP) is 3.84. The maximum atomic E-state index is 12.7. The summed E-state index contributed by atoms with van der Waals surface area (Å²) in [6.45, 7) is 5.35. The largest absolute Gasteiger partial charge is 0.458 e. The van der Waals surface area contributed by atoms with Crippen LogP contribution in [0.25, 0.3) is 5.57 Å². The zero-order valence-corrected chi connectivity index (χ0v) is 14.1. The summed E-state index contributed by atoms with van der Waals surface area (Å²) in [6.07, 6.45) is 2.46. The molecule has 1 aromatic heterocycles. The van der Waals surface area contributed by atoms with Gasteiger partial charge >= 0.3 is 5.97 Å². The van der Waals surface area contributed by atoms with Gasteiger partial charge in [-0.25, -0.2) is 9.78 Å². The second kappa shape index (κ2) is 6.08. The number of hydrogen-bond donors (Lipinski definition) is 0. The van der Waals surface area contributed by atoms with Crippen LogP contribution in [-0.2, 0) is 11.2 Å². The summed E-state index contributed by atoms with van der Waals surface area (Å²) in [6, 6.07) is 7.85. The molecule has 0 N–H and O–H groups in total. The molecule has 1 heterocycles. The van der Waals surface area contributed by atoms with Crippen molar-refractivity contribution < 1.29 is 14.3 Å². The molecule has 118 valence electrons. The van der Waals surface area contributed by atoms with E-state index in [2.05, 4.69) is 4.98 Å². The average Bonchev–Trinajstić information content (AvgIpc) is 3.09. The molecule has 0 spiro atoms. The molecule has 2 aromatic rings.